The zero-order valence-electron chi connectivity index (χ0n) is 15.2. The van der Waals surface area contributed by atoms with E-state index in [-0.39, 0.29) is 25.6 Å². The Bertz CT molecular complexity index is 743. The lowest BCUT2D eigenvalue weighted by atomic mass is 9.89. The fourth-order valence-corrected chi connectivity index (χ4v) is 5.22. The zero-order valence-corrected chi connectivity index (χ0v) is 16.1. The second-order valence-electron chi connectivity index (χ2n) is 5.82. The van der Waals surface area contributed by atoms with Gasteiger partial charge in [-0.25, -0.2) is 0 Å². The first-order valence-electron chi connectivity index (χ1n) is 8.39. The summed E-state index contributed by atoms with van der Waals surface area (Å²) in [4.78, 5) is 22.9. The van der Waals surface area contributed by atoms with Gasteiger partial charge < -0.3 is 23.6 Å². The topological polar surface area (TPSA) is 134 Å². The third kappa shape index (κ3) is 4.40. The van der Waals surface area contributed by atoms with Crippen molar-refractivity contribution in [3.05, 3.63) is 33.9 Å². The van der Waals surface area contributed by atoms with Crippen molar-refractivity contribution in [3.8, 4) is 11.5 Å². The van der Waals surface area contributed by atoms with E-state index in [9.17, 15) is 24.6 Å². The molecule has 1 aromatic rings. The number of ether oxygens (including phenoxy) is 2. The Hall–Kier alpha value is -2.16. The lowest BCUT2D eigenvalue weighted by molar-refractivity contribution is -0.522. The van der Waals surface area contributed by atoms with Crippen molar-refractivity contribution in [2.24, 2.45) is 0 Å². The van der Waals surface area contributed by atoms with E-state index in [1.165, 1.54) is 39.0 Å². The molecule has 0 saturated carbocycles. The molecule has 1 aliphatic rings. The molecule has 1 heterocycles. The number of fused-ring (bicyclic) bond motifs is 1. The summed E-state index contributed by atoms with van der Waals surface area (Å²) < 4.78 is 34.1. The van der Waals surface area contributed by atoms with Crippen LogP contribution in [0.1, 0.15) is 32.3 Å². The van der Waals surface area contributed by atoms with Crippen molar-refractivity contribution in [3.63, 3.8) is 0 Å². The molecule has 1 aliphatic heterocycles. The van der Waals surface area contributed by atoms with Crippen LogP contribution in [-0.2, 0) is 18.4 Å². The van der Waals surface area contributed by atoms with Crippen molar-refractivity contribution in [1.29, 1.82) is 0 Å². The van der Waals surface area contributed by atoms with Crippen molar-refractivity contribution in [2.75, 3.05) is 20.0 Å². The normalized spacial score (nSPS) is 16.6. The maximum Gasteiger partial charge on any atom is 0.345 e. The Morgan fingerprint density at radius 3 is 2.41 bits per heavy atom. The van der Waals surface area contributed by atoms with Crippen molar-refractivity contribution in [1.82, 2.24) is 0 Å². The summed E-state index contributed by atoms with van der Waals surface area (Å²) in [5, 5.41) is 21.3. The van der Waals surface area contributed by atoms with Crippen LogP contribution >= 0.6 is 7.60 Å². The smallest absolute Gasteiger partial charge is 0.345 e. The number of benzene rings is 1. The highest BCUT2D eigenvalue weighted by Crippen LogP contribution is 2.58. The third-order valence-electron chi connectivity index (χ3n) is 4.19. The zero-order chi connectivity index (χ0) is 20.2. The Morgan fingerprint density at radius 2 is 1.89 bits per heavy atom. The monoisotopic (exact) mass is 403 g/mol. The number of carbonyl (C=O) groups is 1. The van der Waals surface area contributed by atoms with E-state index in [0.29, 0.717) is 11.5 Å². The molecule has 0 aliphatic carbocycles. The first-order valence-corrected chi connectivity index (χ1v) is 10.0. The van der Waals surface area contributed by atoms with Gasteiger partial charge in [0.05, 0.1) is 19.1 Å². The van der Waals surface area contributed by atoms with Crippen molar-refractivity contribution >= 4 is 13.6 Å². The van der Waals surface area contributed by atoms with Gasteiger partial charge in [-0.15, -0.1) is 0 Å². The minimum absolute atomic E-state index is 0.00696. The molecular formula is C16H22NO9P. The van der Waals surface area contributed by atoms with E-state index in [1.54, 1.807) is 0 Å². The van der Waals surface area contributed by atoms with E-state index < -0.39 is 36.1 Å². The van der Waals surface area contributed by atoms with Gasteiger partial charge in [0.25, 0.3) is 0 Å². The quantitative estimate of drug-likeness (QED) is 0.355. The highest BCUT2D eigenvalue weighted by atomic mass is 31.2. The summed E-state index contributed by atoms with van der Waals surface area (Å²) in [5.74, 6) is -2.01. The SMILES string of the molecule is CCOP(=O)(OCC)[C@@H](C(=O)O)[C@H](c1ccc2c(c1)OCO2)[C@@H](C)[N+](=O)[O-]. The summed E-state index contributed by atoms with van der Waals surface area (Å²) in [6, 6.07) is 3.12. The molecule has 27 heavy (non-hydrogen) atoms. The van der Waals surface area contributed by atoms with Gasteiger partial charge in [-0.1, -0.05) is 6.07 Å². The van der Waals surface area contributed by atoms with Crippen LogP contribution < -0.4 is 9.47 Å². The molecule has 11 heteroatoms. The van der Waals surface area contributed by atoms with Gasteiger partial charge in [0.15, 0.2) is 17.2 Å². The molecule has 0 unspecified atom stereocenters. The third-order valence-corrected chi connectivity index (χ3v) is 6.65. The highest BCUT2D eigenvalue weighted by molar-refractivity contribution is 7.55. The molecule has 1 aromatic carbocycles. The van der Waals surface area contributed by atoms with Crippen LogP contribution in [-0.4, -0.2) is 47.7 Å². The molecule has 0 amide bonds. The standard InChI is InChI=1S/C16H22NO9P/c1-4-25-27(22,26-5-2)15(16(18)19)14(10(3)17(20)21)11-6-7-12-13(8-11)24-9-23-12/h6-8,10,14-15H,4-5,9H2,1-3H3,(H,18,19)/t10-,14+,15-/m1/s1. The summed E-state index contributed by atoms with van der Waals surface area (Å²) >= 11 is 0. The largest absolute Gasteiger partial charge is 0.481 e. The maximum atomic E-state index is 13.2. The van der Waals surface area contributed by atoms with Gasteiger partial charge >= 0.3 is 13.6 Å². The minimum atomic E-state index is -4.20. The van der Waals surface area contributed by atoms with E-state index in [0.717, 1.165) is 0 Å². The Kier molecular flexibility index (Phi) is 6.80. The van der Waals surface area contributed by atoms with Crippen LogP contribution in [0.25, 0.3) is 0 Å². The van der Waals surface area contributed by atoms with Gasteiger partial charge in [0, 0.05) is 11.8 Å². The van der Waals surface area contributed by atoms with Crippen LogP contribution in [0.15, 0.2) is 18.2 Å². The lowest BCUT2D eigenvalue weighted by Gasteiger charge is -2.30. The molecule has 0 saturated heterocycles. The fourth-order valence-electron chi connectivity index (χ4n) is 3.02. The van der Waals surface area contributed by atoms with Crippen molar-refractivity contribution in [2.45, 2.75) is 38.4 Å². The molecule has 1 N–H and O–H groups in total. The number of nitrogens with zero attached hydrogens (tertiary/aromatic N) is 1. The number of aliphatic carboxylic acids is 1. The van der Waals surface area contributed by atoms with E-state index in [4.69, 9.17) is 18.5 Å². The summed E-state index contributed by atoms with van der Waals surface area (Å²) in [6.45, 7) is 4.19. The highest BCUT2D eigenvalue weighted by Gasteiger charge is 2.52. The van der Waals surface area contributed by atoms with Gasteiger partial charge in [-0.3, -0.25) is 19.5 Å². The van der Waals surface area contributed by atoms with Gasteiger partial charge in [-0.05, 0) is 31.5 Å². The summed E-state index contributed by atoms with van der Waals surface area (Å²) in [5.41, 5.74) is -1.49. The van der Waals surface area contributed by atoms with E-state index >= 15 is 0 Å². The van der Waals surface area contributed by atoms with Crippen LogP contribution in [0.3, 0.4) is 0 Å². The first kappa shape index (κ1) is 21.1. The number of carboxylic acids is 1. The van der Waals surface area contributed by atoms with Crippen LogP contribution in [0.2, 0.25) is 0 Å². The van der Waals surface area contributed by atoms with Gasteiger partial charge in [0.2, 0.25) is 12.8 Å². The minimum Gasteiger partial charge on any atom is -0.481 e. The lowest BCUT2D eigenvalue weighted by Crippen LogP contribution is -2.38. The van der Waals surface area contributed by atoms with Gasteiger partial charge in [-0.2, -0.15) is 0 Å². The number of carboxylic acid groups (broad SMARTS) is 1. The van der Waals surface area contributed by atoms with Gasteiger partial charge in [0.1, 0.15) is 0 Å². The number of nitro groups is 1. The predicted molar refractivity (Wildman–Crippen MR) is 94.0 cm³/mol. The van der Waals surface area contributed by atoms with E-state index in [2.05, 4.69) is 0 Å². The molecular weight excluding hydrogens is 381 g/mol. The molecule has 0 radical (unpaired) electrons. The maximum absolute atomic E-state index is 13.2. The van der Waals surface area contributed by atoms with Crippen molar-refractivity contribution < 1.29 is 37.9 Å². The van der Waals surface area contributed by atoms with Crippen LogP contribution in [0.5, 0.6) is 11.5 Å². The molecule has 2 rings (SSSR count). The predicted octanol–water partition coefficient (Wildman–Crippen LogP) is 2.88. The Balaban J connectivity index is 2.60. The second kappa shape index (κ2) is 8.69. The average Bonchev–Trinajstić information content (AvgIpc) is 3.06. The summed E-state index contributed by atoms with van der Waals surface area (Å²) in [7, 11) is -4.20. The molecule has 0 spiro atoms. The number of hydrogen-bond donors (Lipinski definition) is 1. The molecule has 0 fully saturated rings. The summed E-state index contributed by atoms with van der Waals surface area (Å²) in [6.07, 6.45) is 0. The Labute approximate surface area is 156 Å². The second-order valence-corrected chi connectivity index (χ2v) is 7.98. The number of hydrogen-bond acceptors (Lipinski definition) is 8. The molecule has 3 atom stereocenters. The molecule has 10 nitrogen and oxygen atoms in total. The van der Waals surface area contributed by atoms with E-state index in [1.807, 2.05) is 0 Å². The Morgan fingerprint density at radius 1 is 1.30 bits per heavy atom. The van der Waals surface area contributed by atoms with Crippen LogP contribution in [0, 0.1) is 10.1 Å². The van der Waals surface area contributed by atoms with Crippen LogP contribution in [0.4, 0.5) is 0 Å². The molecule has 150 valence electrons. The number of rotatable bonds is 10. The molecule has 0 bridgehead atoms. The fraction of sp³-hybridized carbons (Fsp3) is 0.562. The first-order chi connectivity index (χ1) is 12.7. The molecule has 0 aromatic heterocycles. The average molecular weight is 403 g/mol.